The molecular formula is C13H19ClN2OS. The van der Waals surface area contributed by atoms with Gasteiger partial charge in [-0.05, 0) is 43.6 Å². The van der Waals surface area contributed by atoms with E-state index in [0.29, 0.717) is 16.3 Å². The van der Waals surface area contributed by atoms with Crippen LogP contribution in [0.2, 0.25) is 5.02 Å². The molecule has 18 heavy (non-hydrogen) atoms. The molecule has 0 aliphatic rings. The monoisotopic (exact) mass is 286 g/mol. The van der Waals surface area contributed by atoms with Crippen molar-refractivity contribution in [2.75, 3.05) is 24.8 Å². The van der Waals surface area contributed by atoms with Crippen LogP contribution in [-0.2, 0) is 0 Å². The number of carbonyl (C=O) groups is 1. The molecule has 0 aromatic heterocycles. The highest BCUT2D eigenvalue weighted by molar-refractivity contribution is 7.98. The second-order valence-corrected chi connectivity index (χ2v) is 5.70. The van der Waals surface area contributed by atoms with Crippen molar-refractivity contribution < 1.29 is 4.79 Å². The third-order valence-electron chi connectivity index (χ3n) is 2.97. The summed E-state index contributed by atoms with van der Waals surface area (Å²) < 4.78 is 0. The van der Waals surface area contributed by atoms with Crippen molar-refractivity contribution >= 4 is 35.0 Å². The molecule has 3 nitrogen and oxygen atoms in total. The molecule has 0 fully saturated rings. The number of thioether (sulfide) groups is 1. The van der Waals surface area contributed by atoms with E-state index in [4.69, 9.17) is 17.3 Å². The molecule has 1 rings (SSSR count). The lowest BCUT2D eigenvalue weighted by atomic mass is 10.1. The van der Waals surface area contributed by atoms with Gasteiger partial charge in [0, 0.05) is 23.8 Å². The summed E-state index contributed by atoms with van der Waals surface area (Å²) in [6.45, 7) is 2.04. The van der Waals surface area contributed by atoms with Gasteiger partial charge >= 0.3 is 0 Å². The fourth-order valence-corrected chi connectivity index (χ4v) is 2.33. The highest BCUT2D eigenvalue weighted by Crippen LogP contribution is 2.20. The Labute approximate surface area is 118 Å². The molecule has 0 radical (unpaired) electrons. The minimum absolute atomic E-state index is 0.0800. The van der Waals surface area contributed by atoms with Gasteiger partial charge in [0.15, 0.2) is 0 Å². The van der Waals surface area contributed by atoms with Crippen LogP contribution < -0.4 is 5.73 Å². The molecule has 2 N–H and O–H groups in total. The third kappa shape index (κ3) is 3.82. The van der Waals surface area contributed by atoms with Crippen molar-refractivity contribution in [2.24, 2.45) is 0 Å². The van der Waals surface area contributed by atoms with Crippen LogP contribution in [0.1, 0.15) is 23.7 Å². The van der Waals surface area contributed by atoms with Gasteiger partial charge in [0.25, 0.3) is 5.91 Å². The van der Waals surface area contributed by atoms with E-state index in [0.717, 1.165) is 12.2 Å². The smallest absolute Gasteiger partial charge is 0.255 e. The number of nitrogens with two attached hydrogens (primary N) is 1. The van der Waals surface area contributed by atoms with Crippen molar-refractivity contribution in [3.8, 4) is 0 Å². The molecule has 100 valence electrons. The van der Waals surface area contributed by atoms with Gasteiger partial charge in [-0.2, -0.15) is 11.8 Å². The maximum Gasteiger partial charge on any atom is 0.255 e. The Bertz CT molecular complexity index is 425. The predicted octanol–water partition coefficient (Wildman–Crippen LogP) is 3.14. The van der Waals surface area contributed by atoms with Gasteiger partial charge in [-0.1, -0.05) is 11.6 Å². The summed E-state index contributed by atoms with van der Waals surface area (Å²) in [6, 6.07) is 5.15. The number of amides is 1. The molecule has 5 heteroatoms. The molecule has 1 aromatic carbocycles. The Morgan fingerprint density at radius 3 is 2.83 bits per heavy atom. The van der Waals surface area contributed by atoms with Crippen molar-refractivity contribution in [2.45, 2.75) is 19.4 Å². The predicted molar refractivity (Wildman–Crippen MR) is 80.4 cm³/mol. The Balaban J connectivity index is 2.82. The lowest BCUT2D eigenvalue weighted by Gasteiger charge is -2.25. The molecule has 0 spiro atoms. The van der Waals surface area contributed by atoms with Crippen molar-refractivity contribution in [3.63, 3.8) is 0 Å². The standard InChI is InChI=1S/C13H19ClN2OS/c1-9(6-7-18-3)16(2)13(17)11-8-10(14)4-5-12(11)15/h4-5,8-9H,6-7,15H2,1-3H3. The summed E-state index contributed by atoms with van der Waals surface area (Å²) in [5, 5.41) is 0.526. The van der Waals surface area contributed by atoms with Crippen LogP contribution in [0.5, 0.6) is 0 Å². The number of carbonyl (C=O) groups excluding carboxylic acids is 1. The van der Waals surface area contributed by atoms with Crippen LogP contribution in [-0.4, -0.2) is 35.9 Å². The van der Waals surface area contributed by atoms with E-state index in [1.807, 2.05) is 6.92 Å². The van der Waals surface area contributed by atoms with Crippen LogP contribution in [0.3, 0.4) is 0 Å². The molecule has 0 heterocycles. The number of rotatable bonds is 5. The Kier molecular flexibility index (Phi) is 5.82. The highest BCUT2D eigenvalue weighted by Gasteiger charge is 2.19. The molecule has 0 bridgehead atoms. The van der Waals surface area contributed by atoms with Crippen molar-refractivity contribution in [1.82, 2.24) is 4.90 Å². The minimum atomic E-state index is -0.0800. The quantitative estimate of drug-likeness (QED) is 0.846. The SMILES string of the molecule is CSCCC(C)N(C)C(=O)c1cc(Cl)ccc1N. The first kappa shape index (κ1) is 15.2. The number of anilines is 1. The van der Waals surface area contributed by atoms with E-state index in [1.165, 1.54) is 0 Å². The third-order valence-corrected chi connectivity index (χ3v) is 3.85. The second-order valence-electron chi connectivity index (χ2n) is 4.28. The largest absolute Gasteiger partial charge is 0.398 e. The molecule has 0 saturated carbocycles. The van der Waals surface area contributed by atoms with E-state index in [1.54, 1.807) is 41.9 Å². The van der Waals surface area contributed by atoms with Crippen LogP contribution in [0.25, 0.3) is 0 Å². The molecule has 1 atom stereocenters. The number of halogens is 1. The Morgan fingerprint density at radius 2 is 2.22 bits per heavy atom. The normalized spacial score (nSPS) is 12.2. The van der Waals surface area contributed by atoms with E-state index >= 15 is 0 Å². The van der Waals surface area contributed by atoms with E-state index in [-0.39, 0.29) is 11.9 Å². The summed E-state index contributed by atoms with van der Waals surface area (Å²) in [5.41, 5.74) is 6.76. The molecule has 1 amide bonds. The number of benzene rings is 1. The summed E-state index contributed by atoms with van der Waals surface area (Å²) in [6.07, 6.45) is 3.02. The van der Waals surface area contributed by atoms with E-state index in [9.17, 15) is 4.79 Å². The van der Waals surface area contributed by atoms with E-state index < -0.39 is 0 Å². The molecule has 1 aromatic rings. The fraction of sp³-hybridized carbons (Fsp3) is 0.462. The van der Waals surface area contributed by atoms with Crippen molar-refractivity contribution in [3.05, 3.63) is 28.8 Å². The summed E-state index contributed by atoms with van der Waals surface area (Å²) in [5.74, 6) is 0.952. The summed E-state index contributed by atoms with van der Waals surface area (Å²) in [7, 11) is 1.80. The molecule has 0 saturated heterocycles. The van der Waals surface area contributed by atoms with Crippen LogP contribution >= 0.6 is 23.4 Å². The van der Waals surface area contributed by atoms with Gasteiger partial charge in [-0.3, -0.25) is 4.79 Å². The molecule has 0 aliphatic carbocycles. The zero-order valence-electron chi connectivity index (χ0n) is 10.9. The van der Waals surface area contributed by atoms with Gasteiger partial charge in [-0.15, -0.1) is 0 Å². The maximum absolute atomic E-state index is 12.3. The zero-order valence-corrected chi connectivity index (χ0v) is 12.5. The first-order valence-corrected chi connectivity index (χ1v) is 7.55. The summed E-state index contributed by atoms with van der Waals surface area (Å²) in [4.78, 5) is 14.0. The number of nitrogens with zero attached hydrogens (tertiary/aromatic N) is 1. The topological polar surface area (TPSA) is 46.3 Å². The molecule has 0 aliphatic heterocycles. The zero-order chi connectivity index (χ0) is 13.7. The first-order chi connectivity index (χ1) is 8.47. The lowest BCUT2D eigenvalue weighted by Crippen LogP contribution is -2.35. The van der Waals surface area contributed by atoms with Crippen LogP contribution in [0.15, 0.2) is 18.2 Å². The average Bonchev–Trinajstić information content (AvgIpc) is 2.37. The van der Waals surface area contributed by atoms with Crippen LogP contribution in [0.4, 0.5) is 5.69 Å². The van der Waals surface area contributed by atoms with Gasteiger partial charge in [0.05, 0.1) is 5.56 Å². The van der Waals surface area contributed by atoms with Crippen molar-refractivity contribution in [1.29, 1.82) is 0 Å². The molecule has 1 unspecified atom stereocenters. The van der Waals surface area contributed by atoms with Gasteiger partial charge in [0.1, 0.15) is 0 Å². The van der Waals surface area contributed by atoms with Gasteiger partial charge < -0.3 is 10.6 Å². The number of nitrogen functional groups attached to an aromatic ring is 1. The lowest BCUT2D eigenvalue weighted by molar-refractivity contribution is 0.0742. The molecular weight excluding hydrogens is 268 g/mol. The van der Waals surface area contributed by atoms with Gasteiger partial charge in [-0.25, -0.2) is 0 Å². The van der Waals surface area contributed by atoms with E-state index in [2.05, 4.69) is 6.26 Å². The number of hydrogen-bond donors (Lipinski definition) is 1. The number of hydrogen-bond acceptors (Lipinski definition) is 3. The Hall–Kier alpha value is -0.870. The first-order valence-electron chi connectivity index (χ1n) is 5.78. The Morgan fingerprint density at radius 1 is 1.56 bits per heavy atom. The summed E-state index contributed by atoms with van der Waals surface area (Å²) >= 11 is 7.68. The average molecular weight is 287 g/mol. The minimum Gasteiger partial charge on any atom is -0.398 e. The fourth-order valence-electron chi connectivity index (χ4n) is 1.59. The highest BCUT2D eigenvalue weighted by atomic mass is 35.5. The van der Waals surface area contributed by atoms with Crippen LogP contribution in [0, 0.1) is 0 Å². The second kappa shape index (κ2) is 6.90. The van der Waals surface area contributed by atoms with Gasteiger partial charge in [0.2, 0.25) is 0 Å². The maximum atomic E-state index is 12.3.